The monoisotopic (exact) mass is 250 g/mol. The summed E-state index contributed by atoms with van der Waals surface area (Å²) >= 11 is 0. The van der Waals surface area contributed by atoms with E-state index >= 15 is 0 Å². The first kappa shape index (κ1) is 13.6. The highest BCUT2D eigenvalue weighted by Gasteiger charge is 2.29. The number of hydrazine groups is 1. The molecule has 0 saturated heterocycles. The second-order valence-corrected chi connectivity index (χ2v) is 5.61. The third-order valence-electron chi connectivity index (χ3n) is 4.38. The Labute approximate surface area is 110 Å². The first-order valence-electron chi connectivity index (χ1n) is 7.19. The zero-order valence-electron chi connectivity index (χ0n) is 11.6. The zero-order chi connectivity index (χ0) is 13.0. The molecule has 1 heterocycles. The van der Waals surface area contributed by atoms with E-state index in [4.69, 9.17) is 5.84 Å². The lowest BCUT2D eigenvalue weighted by molar-refractivity contribution is 0.208. The summed E-state index contributed by atoms with van der Waals surface area (Å²) in [6.07, 6.45) is 11.8. The van der Waals surface area contributed by atoms with Crippen molar-refractivity contribution >= 4 is 0 Å². The molecular formula is C14H26N4. The number of hydrogen-bond donors (Lipinski definition) is 2. The molecule has 0 radical (unpaired) electrons. The van der Waals surface area contributed by atoms with Gasteiger partial charge in [0.15, 0.2) is 0 Å². The van der Waals surface area contributed by atoms with Gasteiger partial charge in [0.25, 0.3) is 0 Å². The van der Waals surface area contributed by atoms with Gasteiger partial charge in [0.2, 0.25) is 0 Å². The molecule has 0 spiro atoms. The highest BCUT2D eigenvalue weighted by Crippen LogP contribution is 2.37. The van der Waals surface area contributed by atoms with Crippen molar-refractivity contribution in [3.63, 3.8) is 0 Å². The number of rotatable bonds is 5. The van der Waals surface area contributed by atoms with Crippen molar-refractivity contribution in [2.45, 2.75) is 51.5 Å². The van der Waals surface area contributed by atoms with Crippen molar-refractivity contribution in [2.24, 2.45) is 24.7 Å². The SMILES string of the molecule is CCCC1CCC(C(NN)c2nccn2C)CC1. The summed E-state index contributed by atoms with van der Waals surface area (Å²) in [6.45, 7) is 2.28. The van der Waals surface area contributed by atoms with Gasteiger partial charge in [-0.25, -0.2) is 10.4 Å². The summed E-state index contributed by atoms with van der Waals surface area (Å²) in [6, 6.07) is 0.201. The van der Waals surface area contributed by atoms with Crippen LogP contribution in [0.3, 0.4) is 0 Å². The number of aryl methyl sites for hydroxylation is 1. The van der Waals surface area contributed by atoms with Crippen LogP contribution in [0.1, 0.15) is 57.3 Å². The third-order valence-corrected chi connectivity index (χ3v) is 4.38. The van der Waals surface area contributed by atoms with Gasteiger partial charge in [-0.05, 0) is 24.7 Å². The van der Waals surface area contributed by atoms with Crippen molar-refractivity contribution in [3.8, 4) is 0 Å². The van der Waals surface area contributed by atoms with Crippen molar-refractivity contribution in [3.05, 3.63) is 18.2 Å². The van der Waals surface area contributed by atoms with Gasteiger partial charge in [0, 0.05) is 19.4 Å². The second-order valence-electron chi connectivity index (χ2n) is 5.61. The van der Waals surface area contributed by atoms with Crippen molar-refractivity contribution in [1.82, 2.24) is 15.0 Å². The summed E-state index contributed by atoms with van der Waals surface area (Å²) in [7, 11) is 2.04. The van der Waals surface area contributed by atoms with E-state index in [0.29, 0.717) is 5.92 Å². The molecule has 1 aromatic heterocycles. The van der Waals surface area contributed by atoms with Crippen LogP contribution < -0.4 is 11.3 Å². The molecule has 1 unspecified atom stereocenters. The van der Waals surface area contributed by atoms with Gasteiger partial charge in [0.05, 0.1) is 6.04 Å². The number of nitrogens with one attached hydrogen (secondary N) is 1. The number of aromatic nitrogens is 2. The lowest BCUT2D eigenvalue weighted by Crippen LogP contribution is -2.37. The normalized spacial score (nSPS) is 26.2. The Morgan fingerprint density at radius 2 is 2.17 bits per heavy atom. The lowest BCUT2D eigenvalue weighted by atomic mass is 9.77. The minimum absolute atomic E-state index is 0.201. The topological polar surface area (TPSA) is 55.9 Å². The summed E-state index contributed by atoms with van der Waals surface area (Å²) < 4.78 is 2.07. The van der Waals surface area contributed by atoms with Gasteiger partial charge < -0.3 is 4.57 Å². The molecule has 1 atom stereocenters. The van der Waals surface area contributed by atoms with E-state index in [9.17, 15) is 0 Å². The number of hydrogen-bond acceptors (Lipinski definition) is 3. The summed E-state index contributed by atoms with van der Waals surface area (Å²) in [5.74, 6) is 8.38. The van der Waals surface area contributed by atoms with E-state index in [0.717, 1.165) is 11.7 Å². The Morgan fingerprint density at radius 1 is 1.44 bits per heavy atom. The molecule has 0 aliphatic heterocycles. The molecule has 0 bridgehead atoms. The molecule has 1 fully saturated rings. The Hall–Kier alpha value is -0.870. The molecule has 4 nitrogen and oxygen atoms in total. The van der Waals surface area contributed by atoms with E-state index in [1.165, 1.54) is 38.5 Å². The lowest BCUT2D eigenvalue weighted by Gasteiger charge is -2.33. The minimum atomic E-state index is 0.201. The molecule has 18 heavy (non-hydrogen) atoms. The maximum absolute atomic E-state index is 5.75. The molecule has 0 amide bonds. The molecule has 4 heteroatoms. The fourth-order valence-electron chi connectivity index (χ4n) is 3.32. The summed E-state index contributed by atoms with van der Waals surface area (Å²) in [5.41, 5.74) is 2.98. The van der Waals surface area contributed by atoms with Gasteiger partial charge in [-0.3, -0.25) is 5.84 Å². The van der Waals surface area contributed by atoms with Crippen molar-refractivity contribution < 1.29 is 0 Å². The number of imidazole rings is 1. The minimum Gasteiger partial charge on any atom is -0.337 e. The predicted molar refractivity (Wildman–Crippen MR) is 73.6 cm³/mol. The Balaban J connectivity index is 1.97. The van der Waals surface area contributed by atoms with Crippen LogP contribution in [-0.2, 0) is 7.05 Å². The highest BCUT2D eigenvalue weighted by molar-refractivity contribution is 5.01. The molecule has 0 aromatic carbocycles. The fraction of sp³-hybridized carbons (Fsp3) is 0.786. The van der Waals surface area contributed by atoms with E-state index in [1.807, 2.05) is 19.4 Å². The molecule has 102 valence electrons. The molecule has 1 aromatic rings. The average molecular weight is 250 g/mol. The zero-order valence-corrected chi connectivity index (χ0v) is 11.6. The maximum atomic E-state index is 5.75. The van der Waals surface area contributed by atoms with Crippen molar-refractivity contribution in [1.29, 1.82) is 0 Å². The number of nitrogens with two attached hydrogens (primary N) is 1. The Kier molecular flexibility index (Phi) is 4.78. The van der Waals surface area contributed by atoms with Crippen LogP contribution in [0, 0.1) is 11.8 Å². The first-order valence-corrected chi connectivity index (χ1v) is 7.19. The Bertz CT molecular complexity index is 352. The fourth-order valence-corrected chi connectivity index (χ4v) is 3.32. The standard InChI is InChI=1S/C14H26N4/c1-3-4-11-5-7-12(8-6-11)13(17-15)14-16-9-10-18(14)2/h9-13,17H,3-8,15H2,1-2H3. The largest absolute Gasteiger partial charge is 0.337 e. The highest BCUT2D eigenvalue weighted by atomic mass is 15.3. The maximum Gasteiger partial charge on any atom is 0.127 e. The van der Waals surface area contributed by atoms with Crippen LogP contribution in [0.25, 0.3) is 0 Å². The molecule has 1 aliphatic carbocycles. The smallest absolute Gasteiger partial charge is 0.127 e. The quantitative estimate of drug-likeness (QED) is 0.623. The van der Waals surface area contributed by atoms with Gasteiger partial charge in [-0.2, -0.15) is 0 Å². The first-order chi connectivity index (χ1) is 8.76. The Morgan fingerprint density at radius 3 is 2.67 bits per heavy atom. The van der Waals surface area contributed by atoms with Gasteiger partial charge in [0.1, 0.15) is 5.82 Å². The summed E-state index contributed by atoms with van der Waals surface area (Å²) in [5, 5.41) is 0. The molecule has 2 rings (SSSR count). The van der Waals surface area contributed by atoms with Crippen LogP contribution in [-0.4, -0.2) is 9.55 Å². The van der Waals surface area contributed by atoms with Crippen LogP contribution in [0.15, 0.2) is 12.4 Å². The molecule has 3 N–H and O–H groups in total. The summed E-state index contributed by atoms with van der Waals surface area (Å²) in [4.78, 5) is 4.44. The van der Waals surface area contributed by atoms with E-state index < -0.39 is 0 Å². The van der Waals surface area contributed by atoms with Crippen LogP contribution in [0.2, 0.25) is 0 Å². The van der Waals surface area contributed by atoms with Gasteiger partial charge in [-0.1, -0.05) is 32.6 Å². The van der Waals surface area contributed by atoms with E-state index in [2.05, 4.69) is 21.9 Å². The predicted octanol–water partition coefficient (Wildman–Crippen LogP) is 2.53. The van der Waals surface area contributed by atoms with Crippen LogP contribution in [0.4, 0.5) is 0 Å². The molecule has 1 aliphatic rings. The number of nitrogens with zero attached hydrogens (tertiary/aromatic N) is 2. The second kappa shape index (κ2) is 6.34. The van der Waals surface area contributed by atoms with E-state index in [1.54, 1.807) is 0 Å². The van der Waals surface area contributed by atoms with Crippen molar-refractivity contribution in [2.75, 3.05) is 0 Å². The van der Waals surface area contributed by atoms with Crippen LogP contribution in [0.5, 0.6) is 0 Å². The molecular weight excluding hydrogens is 224 g/mol. The third kappa shape index (κ3) is 2.93. The van der Waals surface area contributed by atoms with Gasteiger partial charge in [-0.15, -0.1) is 0 Å². The average Bonchev–Trinajstić information content (AvgIpc) is 2.79. The van der Waals surface area contributed by atoms with E-state index in [-0.39, 0.29) is 6.04 Å². The van der Waals surface area contributed by atoms with Crippen LogP contribution >= 0.6 is 0 Å². The molecule has 1 saturated carbocycles. The van der Waals surface area contributed by atoms with Gasteiger partial charge >= 0.3 is 0 Å².